The van der Waals surface area contributed by atoms with Gasteiger partial charge in [0.25, 0.3) is 11.6 Å². The number of sulfonamides is 1. The van der Waals surface area contributed by atoms with Gasteiger partial charge in [-0.1, -0.05) is 29.3 Å². The van der Waals surface area contributed by atoms with Crippen molar-refractivity contribution in [2.75, 3.05) is 26.2 Å². The second-order valence-electron chi connectivity index (χ2n) is 6.08. The molecule has 2 aromatic carbocycles. The van der Waals surface area contributed by atoms with Crippen molar-refractivity contribution in [2.24, 2.45) is 0 Å². The van der Waals surface area contributed by atoms with E-state index in [1.54, 1.807) is 0 Å². The zero-order valence-electron chi connectivity index (χ0n) is 14.4. The quantitative estimate of drug-likeness (QED) is 0.533. The molecule has 0 aliphatic carbocycles. The van der Waals surface area contributed by atoms with Crippen LogP contribution < -0.4 is 0 Å². The molecule has 1 aliphatic heterocycles. The van der Waals surface area contributed by atoms with Gasteiger partial charge in [-0.15, -0.1) is 0 Å². The molecule has 0 spiro atoms. The number of non-ortho nitro benzene ring substituents is 1. The first kappa shape index (κ1) is 20.5. The van der Waals surface area contributed by atoms with Gasteiger partial charge in [0.2, 0.25) is 10.0 Å². The van der Waals surface area contributed by atoms with Crippen molar-refractivity contribution in [2.45, 2.75) is 4.90 Å². The first-order valence-corrected chi connectivity index (χ1v) is 10.4. The molecule has 0 atom stereocenters. The molecule has 3 rings (SSSR count). The Balaban J connectivity index is 1.71. The number of nitro benzene ring substituents is 1. The molecule has 0 bridgehead atoms. The number of piperazine rings is 1. The summed E-state index contributed by atoms with van der Waals surface area (Å²) in [5.41, 5.74) is 0.0154. The third-order valence-corrected chi connectivity index (χ3v) is 6.99. The van der Waals surface area contributed by atoms with E-state index in [-0.39, 0.29) is 58.3 Å². The standard InChI is InChI=1S/C17H15Cl2N3O5S/c18-15-5-4-14(11-16(15)19)28(26,27)21-8-6-20(7-9-21)17(23)12-2-1-3-13(10-12)22(24)25/h1-5,10-11H,6-9H2. The van der Waals surface area contributed by atoms with Gasteiger partial charge in [-0.2, -0.15) is 4.31 Å². The Hall–Kier alpha value is -2.20. The van der Waals surface area contributed by atoms with Crippen LogP contribution in [0.5, 0.6) is 0 Å². The summed E-state index contributed by atoms with van der Waals surface area (Å²) in [6.45, 7) is 0.538. The number of hydrogen-bond acceptors (Lipinski definition) is 5. The van der Waals surface area contributed by atoms with Crippen LogP contribution in [0.15, 0.2) is 47.4 Å². The molecule has 1 heterocycles. The van der Waals surface area contributed by atoms with Crippen LogP contribution in [0.25, 0.3) is 0 Å². The molecular formula is C17H15Cl2N3O5S. The molecule has 0 saturated carbocycles. The Bertz CT molecular complexity index is 1040. The first-order valence-electron chi connectivity index (χ1n) is 8.19. The number of carbonyl (C=O) groups is 1. The smallest absolute Gasteiger partial charge is 0.270 e. The summed E-state index contributed by atoms with van der Waals surface area (Å²) in [5, 5.41) is 11.3. The third-order valence-electron chi connectivity index (χ3n) is 4.36. The highest BCUT2D eigenvalue weighted by atomic mass is 35.5. The lowest BCUT2D eigenvalue weighted by Gasteiger charge is -2.34. The zero-order chi connectivity index (χ0) is 20.5. The van der Waals surface area contributed by atoms with E-state index in [2.05, 4.69) is 0 Å². The van der Waals surface area contributed by atoms with Crippen LogP contribution in [-0.2, 0) is 10.0 Å². The van der Waals surface area contributed by atoms with Gasteiger partial charge in [0.05, 0.1) is 19.9 Å². The van der Waals surface area contributed by atoms with Crippen LogP contribution in [0.2, 0.25) is 10.0 Å². The SMILES string of the molecule is O=C(c1cccc([N+](=O)[O-])c1)N1CCN(S(=O)(=O)c2ccc(Cl)c(Cl)c2)CC1. The van der Waals surface area contributed by atoms with Crippen LogP contribution in [-0.4, -0.2) is 54.6 Å². The highest BCUT2D eigenvalue weighted by Crippen LogP contribution is 2.27. The molecule has 0 radical (unpaired) electrons. The molecule has 148 valence electrons. The van der Waals surface area contributed by atoms with Crippen molar-refractivity contribution < 1.29 is 18.1 Å². The minimum absolute atomic E-state index is 0.0281. The number of rotatable bonds is 4. The van der Waals surface area contributed by atoms with Crippen LogP contribution in [0, 0.1) is 10.1 Å². The van der Waals surface area contributed by atoms with Crippen molar-refractivity contribution in [3.05, 3.63) is 68.2 Å². The maximum Gasteiger partial charge on any atom is 0.270 e. The van der Waals surface area contributed by atoms with Gasteiger partial charge >= 0.3 is 0 Å². The molecule has 1 fully saturated rings. The number of hydrogen-bond donors (Lipinski definition) is 0. The van der Waals surface area contributed by atoms with Crippen molar-refractivity contribution >= 4 is 44.8 Å². The molecule has 28 heavy (non-hydrogen) atoms. The van der Waals surface area contributed by atoms with Crippen molar-refractivity contribution in [3.63, 3.8) is 0 Å². The molecule has 1 amide bonds. The Kier molecular flexibility index (Phi) is 5.90. The van der Waals surface area contributed by atoms with E-state index < -0.39 is 14.9 Å². The summed E-state index contributed by atoms with van der Waals surface area (Å²) in [7, 11) is -3.77. The van der Waals surface area contributed by atoms with Gasteiger partial charge in [-0.05, 0) is 24.3 Å². The third kappa shape index (κ3) is 4.12. The van der Waals surface area contributed by atoms with Crippen LogP contribution >= 0.6 is 23.2 Å². The predicted molar refractivity (Wildman–Crippen MR) is 104 cm³/mol. The summed E-state index contributed by atoms with van der Waals surface area (Å²) < 4.78 is 26.8. The predicted octanol–water partition coefficient (Wildman–Crippen LogP) is 3.05. The molecule has 8 nitrogen and oxygen atoms in total. The summed E-state index contributed by atoms with van der Waals surface area (Å²) in [5.74, 6) is -0.379. The number of halogens is 2. The second-order valence-corrected chi connectivity index (χ2v) is 8.83. The normalized spacial score (nSPS) is 15.4. The van der Waals surface area contributed by atoms with Crippen LogP contribution in [0.3, 0.4) is 0 Å². The minimum Gasteiger partial charge on any atom is -0.336 e. The largest absolute Gasteiger partial charge is 0.336 e. The monoisotopic (exact) mass is 443 g/mol. The summed E-state index contributed by atoms with van der Waals surface area (Å²) in [4.78, 5) is 24.4. The average Bonchev–Trinajstić information content (AvgIpc) is 2.69. The summed E-state index contributed by atoms with van der Waals surface area (Å²) in [6, 6.07) is 9.53. The molecule has 0 N–H and O–H groups in total. The molecule has 11 heteroatoms. The molecule has 0 unspecified atom stereocenters. The molecule has 1 aliphatic rings. The van der Waals surface area contributed by atoms with Crippen molar-refractivity contribution in [3.8, 4) is 0 Å². The maximum atomic E-state index is 12.8. The fourth-order valence-corrected chi connectivity index (χ4v) is 4.66. The number of nitro groups is 1. The number of amides is 1. The number of carbonyl (C=O) groups excluding carboxylic acids is 1. The molecule has 1 saturated heterocycles. The lowest BCUT2D eigenvalue weighted by atomic mass is 10.1. The van der Waals surface area contributed by atoms with E-state index in [1.807, 2.05) is 0 Å². The Morgan fingerprint density at radius 3 is 2.29 bits per heavy atom. The van der Waals surface area contributed by atoms with E-state index in [4.69, 9.17) is 23.2 Å². The number of benzene rings is 2. The highest BCUT2D eigenvalue weighted by molar-refractivity contribution is 7.89. The molecule has 0 aromatic heterocycles. The Labute approximate surface area is 171 Å². The fraction of sp³-hybridized carbons (Fsp3) is 0.235. The van der Waals surface area contributed by atoms with Gasteiger partial charge in [0, 0.05) is 43.9 Å². The highest BCUT2D eigenvalue weighted by Gasteiger charge is 2.31. The Morgan fingerprint density at radius 2 is 1.68 bits per heavy atom. The van der Waals surface area contributed by atoms with E-state index in [1.165, 1.54) is 51.7 Å². The molecular weight excluding hydrogens is 429 g/mol. The maximum absolute atomic E-state index is 12.8. The molecule has 2 aromatic rings. The van der Waals surface area contributed by atoms with Crippen molar-refractivity contribution in [1.29, 1.82) is 0 Å². The van der Waals surface area contributed by atoms with E-state index in [0.29, 0.717) is 0 Å². The minimum atomic E-state index is -3.77. The van der Waals surface area contributed by atoms with Gasteiger partial charge in [0.15, 0.2) is 0 Å². The second kappa shape index (κ2) is 8.04. The van der Waals surface area contributed by atoms with E-state index in [0.717, 1.165) is 0 Å². The lowest BCUT2D eigenvalue weighted by Crippen LogP contribution is -2.50. The van der Waals surface area contributed by atoms with Crippen LogP contribution in [0.1, 0.15) is 10.4 Å². The van der Waals surface area contributed by atoms with Gasteiger partial charge in [0.1, 0.15) is 0 Å². The van der Waals surface area contributed by atoms with Gasteiger partial charge in [-0.25, -0.2) is 8.42 Å². The average molecular weight is 444 g/mol. The number of nitrogens with zero attached hydrogens (tertiary/aromatic N) is 3. The lowest BCUT2D eigenvalue weighted by molar-refractivity contribution is -0.384. The van der Waals surface area contributed by atoms with Crippen LogP contribution in [0.4, 0.5) is 5.69 Å². The fourth-order valence-electron chi connectivity index (χ4n) is 2.85. The van der Waals surface area contributed by atoms with Gasteiger partial charge in [-0.3, -0.25) is 14.9 Å². The van der Waals surface area contributed by atoms with E-state index >= 15 is 0 Å². The Morgan fingerprint density at radius 1 is 1.00 bits per heavy atom. The van der Waals surface area contributed by atoms with Crippen molar-refractivity contribution in [1.82, 2.24) is 9.21 Å². The topological polar surface area (TPSA) is 101 Å². The first-order chi connectivity index (χ1) is 13.2. The summed E-state index contributed by atoms with van der Waals surface area (Å²) >= 11 is 11.7. The van der Waals surface area contributed by atoms with E-state index in [9.17, 15) is 23.3 Å². The summed E-state index contributed by atoms with van der Waals surface area (Å²) in [6.07, 6.45) is 0. The van der Waals surface area contributed by atoms with Gasteiger partial charge < -0.3 is 4.90 Å². The zero-order valence-corrected chi connectivity index (χ0v) is 16.7.